The van der Waals surface area contributed by atoms with Crippen molar-refractivity contribution in [3.05, 3.63) is 65.2 Å². The zero-order valence-corrected chi connectivity index (χ0v) is 19.9. The van der Waals surface area contributed by atoms with E-state index in [0.717, 1.165) is 49.4 Å². The van der Waals surface area contributed by atoms with Crippen LogP contribution in [0.15, 0.2) is 59.5 Å². The molecule has 0 bridgehead atoms. The summed E-state index contributed by atoms with van der Waals surface area (Å²) in [5.74, 6) is -2.76. The maximum absolute atomic E-state index is 13.1. The number of aliphatic carboxylic acids is 1. The maximum atomic E-state index is 13.1. The molecule has 1 atom stereocenters. The first-order valence-electron chi connectivity index (χ1n) is 10.8. The smallest absolute Gasteiger partial charge is 0.475 e. The molecule has 186 valence electrons. The molecule has 1 N–H and O–H groups in total. The molecule has 2 fully saturated rings. The molecule has 1 spiro atoms. The van der Waals surface area contributed by atoms with Gasteiger partial charge in [-0.3, -0.25) is 4.90 Å². The van der Waals surface area contributed by atoms with Crippen molar-refractivity contribution < 1.29 is 31.5 Å². The molecule has 6 nitrogen and oxygen atoms in total. The van der Waals surface area contributed by atoms with E-state index < -0.39 is 22.2 Å². The van der Waals surface area contributed by atoms with Gasteiger partial charge in [0.25, 0.3) is 0 Å². The zero-order valence-electron chi connectivity index (χ0n) is 18.3. The fraction of sp³-hybridized carbons (Fsp3) is 0.435. The molecular formula is C23H26ClF3N2O4S. The van der Waals surface area contributed by atoms with Crippen LogP contribution in [0.2, 0.25) is 5.02 Å². The zero-order chi connectivity index (χ0) is 25.0. The van der Waals surface area contributed by atoms with Crippen LogP contribution in [0.25, 0.3) is 0 Å². The highest BCUT2D eigenvalue weighted by Crippen LogP contribution is 2.40. The average molecular weight is 519 g/mol. The monoisotopic (exact) mass is 518 g/mol. The summed E-state index contributed by atoms with van der Waals surface area (Å²) in [7, 11) is -3.45. The molecule has 0 saturated carbocycles. The van der Waals surface area contributed by atoms with Crippen LogP contribution in [-0.4, -0.2) is 60.0 Å². The average Bonchev–Trinajstić information content (AvgIpc) is 3.16. The van der Waals surface area contributed by atoms with Gasteiger partial charge in [0.15, 0.2) is 0 Å². The lowest BCUT2D eigenvalue weighted by Gasteiger charge is -2.45. The minimum atomic E-state index is -5.08. The fourth-order valence-electron chi connectivity index (χ4n) is 4.55. The van der Waals surface area contributed by atoms with E-state index in [2.05, 4.69) is 11.0 Å². The standard InChI is InChI=1S/C21H25ClN2O2S.C2HF3O2/c22-20-11-5-4-8-18(20)16-23-14-6-12-21(23)13-7-15-24(17-21)27(25,26)19-9-2-1-3-10-19;3-2(4,5)1(6)7/h1-5,8-11H,6-7,12-17H2;(H,6,7). The molecule has 0 amide bonds. The van der Waals surface area contributed by atoms with Crippen LogP contribution in [0.3, 0.4) is 0 Å². The van der Waals surface area contributed by atoms with E-state index in [1.54, 1.807) is 28.6 Å². The Morgan fingerprint density at radius 2 is 1.56 bits per heavy atom. The molecule has 0 aliphatic carbocycles. The molecule has 1 unspecified atom stereocenters. The van der Waals surface area contributed by atoms with Crippen molar-refractivity contribution in [3.8, 4) is 0 Å². The van der Waals surface area contributed by atoms with Gasteiger partial charge < -0.3 is 5.11 Å². The third-order valence-corrected chi connectivity index (χ3v) is 8.43. The topological polar surface area (TPSA) is 77.9 Å². The number of halogens is 4. The third-order valence-electron chi connectivity index (χ3n) is 6.20. The van der Waals surface area contributed by atoms with Gasteiger partial charge in [-0.1, -0.05) is 48.0 Å². The van der Waals surface area contributed by atoms with Crippen molar-refractivity contribution in [2.24, 2.45) is 0 Å². The van der Waals surface area contributed by atoms with E-state index in [1.165, 1.54) is 0 Å². The molecule has 0 aromatic heterocycles. The largest absolute Gasteiger partial charge is 0.490 e. The highest BCUT2D eigenvalue weighted by molar-refractivity contribution is 7.89. The van der Waals surface area contributed by atoms with Gasteiger partial charge in [0.05, 0.1) is 4.90 Å². The van der Waals surface area contributed by atoms with Gasteiger partial charge in [-0.15, -0.1) is 0 Å². The van der Waals surface area contributed by atoms with Gasteiger partial charge >= 0.3 is 12.1 Å². The van der Waals surface area contributed by atoms with Crippen LogP contribution in [0.1, 0.15) is 31.2 Å². The van der Waals surface area contributed by atoms with Crippen molar-refractivity contribution in [1.29, 1.82) is 0 Å². The number of carbonyl (C=O) groups is 1. The Bertz CT molecular complexity index is 1100. The van der Waals surface area contributed by atoms with Crippen LogP contribution in [0.4, 0.5) is 13.2 Å². The Kier molecular flexibility index (Phi) is 8.28. The van der Waals surface area contributed by atoms with Crippen LogP contribution >= 0.6 is 11.6 Å². The molecule has 2 aliphatic heterocycles. The fourth-order valence-corrected chi connectivity index (χ4v) is 6.33. The van der Waals surface area contributed by atoms with Crippen LogP contribution in [0, 0.1) is 0 Å². The molecule has 2 saturated heterocycles. The quantitative estimate of drug-likeness (QED) is 0.629. The molecule has 2 heterocycles. The predicted octanol–water partition coefficient (Wildman–Crippen LogP) is 4.79. The number of hydrogen-bond donors (Lipinski definition) is 1. The Balaban J connectivity index is 0.000000406. The number of alkyl halides is 3. The minimum absolute atomic E-state index is 0.0841. The Morgan fingerprint density at radius 3 is 2.15 bits per heavy atom. The van der Waals surface area contributed by atoms with Gasteiger partial charge in [-0.05, 0) is 56.0 Å². The van der Waals surface area contributed by atoms with Crippen LogP contribution in [-0.2, 0) is 21.4 Å². The van der Waals surface area contributed by atoms with Gasteiger partial charge in [-0.2, -0.15) is 17.5 Å². The summed E-state index contributed by atoms with van der Waals surface area (Å²) >= 11 is 6.38. The lowest BCUT2D eigenvalue weighted by atomic mass is 9.87. The second kappa shape index (κ2) is 10.6. The molecule has 0 radical (unpaired) electrons. The summed E-state index contributed by atoms with van der Waals surface area (Å²) in [6.07, 6.45) is -1.01. The SMILES string of the molecule is O=C(O)C(F)(F)F.O=S(=O)(c1ccccc1)N1CCCC2(CCCN2Cc2ccccc2Cl)C1. The number of carboxylic acid groups (broad SMARTS) is 1. The molecule has 2 aliphatic rings. The summed E-state index contributed by atoms with van der Waals surface area (Å²) in [4.78, 5) is 11.7. The van der Waals surface area contributed by atoms with Crippen molar-refractivity contribution in [2.45, 2.75) is 48.8 Å². The molecule has 2 aromatic carbocycles. The molecule has 4 rings (SSSR count). The molecular weight excluding hydrogens is 493 g/mol. The minimum Gasteiger partial charge on any atom is -0.475 e. The van der Waals surface area contributed by atoms with Gasteiger partial charge in [0.1, 0.15) is 0 Å². The first-order valence-corrected chi connectivity index (χ1v) is 12.6. The lowest BCUT2D eigenvalue weighted by molar-refractivity contribution is -0.192. The number of rotatable bonds is 4. The summed E-state index contributed by atoms with van der Waals surface area (Å²) in [5, 5.41) is 7.91. The van der Waals surface area contributed by atoms with E-state index in [4.69, 9.17) is 21.5 Å². The Labute approximate surface area is 202 Å². The lowest BCUT2D eigenvalue weighted by Crippen LogP contribution is -2.56. The Hall–Kier alpha value is -2.14. The van der Waals surface area contributed by atoms with Crippen molar-refractivity contribution in [3.63, 3.8) is 0 Å². The molecule has 2 aromatic rings. The number of carboxylic acids is 1. The van der Waals surface area contributed by atoms with Gasteiger partial charge in [-0.25, -0.2) is 13.2 Å². The van der Waals surface area contributed by atoms with Crippen molar-refractivity contribution in [1.82, 2.24) is 9.21 Å². The van der Waals surface area contributed by atoms with Crippen molar-refractivity contribution in [2.75, 3.05) is 19.6 Å². The Morgan fingerprint density at radius 1 is 1.00 bits per heavy atom. The number of hydrogen-bond acceptors (Lipinski definition) is 4. The van der Waals surface area contributed by atoms with Crippen molar-refractivity contribution >= 4 is 27.6 Å². The second-order valence-corrected chi connectivity index (χ2v) is 10.7. The summed E-state index contributed by atoms with van der Waals surface area (Å²) in [5.41, 5.74) is 1.03. The predicted molar refractivity (Wildman–Crippen MR) is 122 cm³/mol. The van der Waals surface area contributed by atoms with E-state index >= 15 is 0 Å². The van der Waals surface area contributed by atoms with E-state index in [9.17, 15) is 21.6 Å². The van der Waals surface area contributed by atoms with E-state index in [1.807, 2.05) is 24.3 Å². The number of benzene rings is 2. The first-order chi connectivity index (χ1) is 16.0. The normalized spacial score (nSPS) is 21.8. The molecule has 34 heavy (non-hydrogen) atoms. The summed E-state index contributed by atoms with van der Waals surface area (Å²) in [6.45, 7) is 2.93. The van der Waals surface area contributed by atoms with Gasteiger partial charge in [0.2, 0.25) is 10.0 Å². The molecule has 11 heteroatoms. The number of piperidine rings is 1. The number of nitrogens with zero attached hydrogens (tertiary/aromatic N) is 2. The third kappa shape index (κ3) is 6.10. The van der Waals surface area contributed by atoms with E-state index in [-0.39, 0.29) is 5.54 Å². The van der Waals surface area contributed by atoms with Gasteiger partial charge in [0, 0.05) is 30.2 Å². The second-order valence-electron chi connectivity index (χ2n) is 8.40. The van der Waals surface area contributed by atoms with Crippen LogP contribution < -0.4 is 0 Å². The number of likely N-dealkylation sites (tertiary alicyclic amines) is 1. The first kappa shape index (κ1) is 26.5. The maximum Gasteiger partial charge on any atom is 0.490 e. The highest BCUT2D eigenvalue weighted by atomic mass is 35.5. The van der Waals surface area contributed by atoms with E-state index in [0.29, 0.717) is 18.0 Å². The summed E-state index contributed by atoms with van der Waals surface area (Å²) < 4.78 is 59.7. The highest BCUT2D eigenvalue weighted by Gasteiger charge is 2.46. The number of sulfonamides is 1. The summed E-state index contributed by atoms with van der Waals surface area (Å²) in [6, 6.07) is 16.7. The van der Waals surface area contributed by atoms with Crippen LogP contribution in [0.5, 0.6) is 0 Å².